The molecule has 3 aromatic rings. The van der Waals surface area contributed by atoms with Crippen molar-refractivity contribution in [3.8, 4) is 11.5 Å². The number of benzene rings is 3. The Balaban J connectivity index is 1.77. The van der Waals surface area contributed by atoms with Gasteiger partial charge in [-0.15, -0.1) is 0 Å². The fourth-order valence-corrected chi connectivity index (χ4v) is 4.02. The predicted octanol–water partition coefficient (Wildman–Crippen LogP) is 4.41. The van der Waals surface area contributed by atoms with Gasteiger partial charge in [-0.25, -0.2) is 0 Å². The highest BCUT2D eigenvalue weighted by atomic mass is 16.5. The minimum absolute atomic E-state index is 0.0511. The second kappa shape index (κ2) is 13.2. The number of amides is 2. The maximum absolute atomic E-state index is 13.5. The summed E-state index contributed by atoms with van der Waals surface area (Å²) < 4.78 is 10.7. The molecule has 0 heterocycles. The van der Waals surface area contributed by atoms with Crippen LogP contribution >= 0.6 is 0 Å². The monoisotopic (exact) mass is 474 g/mol. The number of hydrogen-bond acceptors (Lipinski definition) is 4. The second-order valence-corrected chi connectivity index (χ2v) is 8.30. The first-order chi connectivity index (χ1) is 17.0. The minimum Gasteiger partial charge on any atom is -0.493 e. The van der Waals surface area contributed by atoms with Crippen LogP contribution in [0.3, 0.4) is 0 Å². The number of hydrogen-bond donors (Lipinski definition) is 1. The van der Waals surface area contributed by atoms with Crippen LogP contribution in [0.1, 0.15) is 30.0 Å². The molecule has 0 fully saturated rings. The molecule has 0 aliphatic heterocycles. The molecule has 0 unspecified atom stereocenters. The lowest BCUT2D eigenvalue weighted by atomic mass is 10.0. The number of rotatable bonds is 12. The minimum atomic E-state index is -0.615. The van der Waals surface area contributed by atoms with E-state index in [2.05, 4.69) is 5.32 Å². The smallest absolute Gasteiger partial charge is 0.243 e. The van der Waals surface area contributed by atoms with Gasteiger partial charge in [-0.1, -0.05) is 73.7 Å². The molecule has 0 saturated carbocycles. The van der Waals surface area contributed by atoms with Crippen molar-refractivity contribution in [2.24, 2.45) is 0 Å². The van der Waals surface area contributed by atoms with Gasteiger partial charge in [0, 0.05) is 25.9 Å². The molecule has 3 rings (SSSR count). The van der Waals surface area contributed by atoms with E-state index in [0.29, 0.717) is 43.9 Å². The molecule has 1 N–H and O–H groups in total. The number of methoxy groups -OCH3 is 2. The first kappa shape index (κ1) is 25.8. The van der Waals surface area contributed by atoms with Gasteiger partial charge in [0.25, 0.3) is 0 Å². The lowest BCUT2D eigenvalue weighted by molar-refractivity contribution is -0.141. The Labute approximate surface area is 207 Å². The van der Waals surface area contributed by atoms with Crippen LogP contribution in [-0.2, 0) is 29.0 Å². The van der Waals surface area contributed by atoms with E-state index in [1.54, 1.807) is 19.1 Å². The highest BCUT2D eigenvalue weighted by Gasteiger charge is 2.29. The Hall–Kier alpha value is -3.80. The fraction of sp³-hybridized carbons (Fsp3) is 0.310. The molecular formula is C29H34N2O4. The van der Waals surface area contributed by atoms with Crippen molar-refractivity contribution < 1.29 is 19.1 Å². The molecule has 0 aromatic heterocycles. The average molecular weight is 475 g/mol. The molecule has 0 aliphatic carbocycles. The highest BCUT2D eigenvalue weighted by Crippen LogP contribution is 2.27. The van der Waals surface area contributed by atoms with E-state index < -0.39 is 6.04 Å². The largest absolute Gasteiger partial charge is 0.493 e. The SMILES string of the molecule is CCC(=O)N(Cc1ccccc1)[C@H](Cc1ccccc1)C(=O)NCCc1ccc(OC)c(OC)c1. The maximum Gasteiger partial charge on any atom is 0.243 e. The van der Waals surface area contributed by atoms with Gasteiger partial charge < -0.3 is 19.7 Å². The second-order valence-electron chi connectivity index (χ2n) is 8.30. The molecule has 0 aliphatic rings. The number of ether oxygens (including phenoxy) is 2. The molecule has 0 bridgehead atoms. The number of carbonyl (C=O) groups is 2. The average Bonchev–Trinajstić information content (AvgIpc) is 2.91. The summed E-state index contributed by atoms with van der Waals surface area (Å²) >= 11 is 0. The Morgan fingerprint density at radius 3 is 2.06 bits per heavy atom. The first-order valence-electron chi connectivity index (χ1n) is 11.9. The number of carbonyl (C=O) groups excluding carboxylic acids is 2. The van der Waals surface area contributed by atoms with E-state index in [-0.39, 0.29) is 11.8 Å². The number of nitrogens with zero attached hydrogens (tertiary/aromatic N) is 1. The van der Waals surface area contributed by atoms with Gasteiger partial charge in [-0.3, -0.25) is 9.59 Å². The van der Waals surface area contributed by atoms with Crippen molar-refractivity contribution >= 4 is 11.8 Å². The third-order valence-corrected chi connectivity index (χ3v) is 5.93. The van der Waals surface area contributed by atoms with E-state index in [1.807, 2.05) is 85.8 Å². The Kier molecular flexibility index (Phi) is 9.72. The van der Waals surface area contributed by atoms with E-state index >= 15 is 0 Å². The van der Waals surface area contributed by atoms with Gasteiger partial charge in [0.2, 0.25) is 11.8 Å². The molecule has 184 valence electrons. The summed E-state index contributed by atoms with van der Waals surface area (Å²) in [6.45, 7) is 2.65. The van der Waals surface area contributed by atoms with Crippen LogP contribution in [0.4, 0.5) is 0 Å². The van der Waals surface area contributed by atoms with Gasteiger partial charge in [0.1, 0.15) is 6.04 Å². The topological polar surface area (TPSA) is 67.9 Å². The molecule has 6 heteroatoms. The van der Waals surface area contributed by atoms with Crippen LogP contribution in [0.15, 0.2) is 78.9 Å². The van der Waals surface area contributed by atoms with Crippen LogP contribution in [0.25, 0.3) is 0 Å². The van der Waals surface area contributed by atoms with Crippen molar-refractivity contribution in [3.63, 3.8) is 0 Å². The molecule has 0 radical (unpaired) electrons. The maximum atomic E-state index is 13.5. The van der Waals surface area contributed by atoms with E-state index in [4.69, 9.17) is 9.47 Å². The third kappa shape index (κ3) is 7.34. The van der Waals surface area contributed by atoms with Crippen LogP contribution in [0.2, 0.25) is 0 Å². The third-order valence-electron chi connectivity index (χ3n) is 5.93. The van der Waals surface area contributed by atoms with Crippen molar-refractivity contribution in [1.29, 1.82) is 0 Å². The Morgan fingerprint density at radius 2 is 1.46 bits per heavy atom. The lowest BCUT2D eigenvalue weighted by Crippen LogP contribution is -2.50. The summed E-state index contributed by atoms with van der Waals surface area (Å²) in [4.78, 5) is 28.2. The zero-order chi connectivity index (χ0) is 25.0. The van der Waals surface area contributed by atoms with Gasteiger partial charge in [0.15, 0.2) is 11.5 Å². The van der Waals surface area contributed by atoms with Crippen LogP contribution in [0, 0.1) is 0 Å². The summed E-state index contributed by atoms with van der Waals surface area (Å²) in [5, 5.41) is 3.06. The van der Waals surface area contributed by atoms with Crippen LogP contribution in [0.5, 0.6) is 11.5 Å². The molecular weight excluding hydrogens is 440 g/mol. The standard InChI is InChI=1S/C29H34N2O4/c1-4-28(32)31(21-24-13-9-6-10-14-24)25(19-22-11-7-5-8-12-22)29(33)30-18-17-23-15-16-26(34-2)27(20-23)35-3/h5-16,20,25H,4,17-19,21H2,1-3H3,(H,30,33)/t25-/m1/s1. The zero-order valence-electron chi connectivity index (χ0n) is 20.7. The Bertz CT molecular complexity index is 1090. The van der Waals surface area contributed by atoms with Crippen molar-refractivity contribution in [2.45, 2.75) is 38.8 Å². The molecule has 0 spiro atoms. The molecule has 35 heavy (non-hydrogen) atoms. The summed E-state index contributed by atoms with van der Waals surface area (Å²) in [6.07, 6.45) is 1.41. The van der Waals surface area contributed by atoms with E-state index in [1.165, 1.54) is 0 Å². The number of nitrogens with one attached hydrogen (secondary N) is 1. The normalized spacial score (nSPS) is 11.4. The Morgan fingerprint density at radius 1 is 0.829 bits per heavy atom. The van der Waals surface area contributed by atoms with Crippen LogP contribution < -0.4 is 14.8 Å². The van der Waals surface area contributed by atoms with E-state index in [9.17, 15) is 9.59 Å². The molecule has 2 amide bonds. The van der Waals surface area contributed by atoms with Gasteiger partial charge in [-0.05, 0) is 35.2 Å². The van der Waals surface area contributed by atoms with Crippen molar-refractivity contribution in [3.05, 3.63) is 95.6 Å². The van der Waals surface area contributed by atoms with Crippen molar-refractivity contribution in [2.75, 3.05) is 20.8 Å². The van der Waals surface area contributed by atoms with Crippen LogP contribution in [-0.4, -0.2) is 43.5 Å². The zero-order valence-corrected chi connectivity index (χ0v) is 20.7. The highest BCUT2D eigenvalue weighted by molar-refractivity contribution is 5.88. The summed E-state index contributed by atoms with van der Waals surface area (Å²) in [7, 11) is 3.20. The fourth-order valence-electron chi connectivity index (χ4n) is 4.02. The summed E-state index contributed by atoms with van der Waals surface area (Å²) in [5.74, 6) is 1.11. The van der Waals surface area contributed by atoms with Crippen molar-refractivity contribution in [1.82, 2.24) is 10.2 Å². The molecule has 0 saturated heterocycles. The summed E-state index contributed by atoms with van der Waals surface area (Å²) in [5.41, 5.74) is 3.02. The lowest BCUT2D eigenvalue weighted by Gasteiger charge is -2.31. The summed E-state index contributed by atoms with van der Waals surface area (Å²) in [6, 6.07) is 24.7. The molecule has 1 atom stereocenters. The van der Waals surface area contributed by atoms with Gasteiger partial charge in [0.05, 0.1) is 14.2 Å². The van der Waals surface area contributed by atoms with E-state index in [0.717, 1.165) is 16.7 Å². The van der Waals surface area contributed by atoms with Gasteiger partial charge in [-0.2, -0.15) is 0 Å². The quantitative estimate of drug-likeness (QED) is 0.422. The van der Waals surface area contributed by atoms with Gasteiger partial charge >= 0.3 is 0 Å². The molecule has 6 nitrogen and oxygen atoms in total. The predicted molar refractivity (Wildman–Crippen MR) is 137 cm³/mol. The first-order valence-corrected chi connectivity index (χ1v) is 11.9. The molecule has 3 aromatic carbocycles.